The number of hydrogen-bond donors (Lipinski definition) is 1. The van der Waals surface area contributed by atoms with E-state index in [1.807, 2.05) is 49.1 Å². The molecule has 11 heteroatoms. The molecule has 222 valence electrons. The van der Waals surface area contributed by atoms with E-state index in [0.29, 0.717) is 25.1 Å². The molecule has 0 fully saturated rings. The molecule has 6 nitrogen and oxygen atoms in total. The van der Waals surface area contributed by atoms with Crippen LogP contribution in [-0.4, -0.2) is 50.3 Å². The Labute approximate surface area is 237 Å². The van der Waals surface area contributed by atoms with Gasteiger partial charge in [0.05, 0.1) is 23.5 Å². The molecule has 3 rings (SSSR count). The Morgan fingerprint density at radius 2 is 1.63 bits per heavy atom. The van der Waals surface area contributed by atoms with Gasteiger partial charge in [0.1, 0.15) is 11.6 Å². The van der Waals surface area contributed by atoms with Gasteiger partial charge in [-0.1, -0.05) is 62.4 Å². The van der Waals surface area contributed by atoms with Crippen LogP contribution in [0, 0.1) is 5.82 Å². The first-order chi connectivity index (χ1) is 19.1. The first-order valence-corrected chi connectivity index (χ1v) is 14.8. The summed E-state index contributed by atoms with van der Waals surface area (Å²) in [7, 11) is -3.94. The molecule has 3 aromatic carbocycles. The quantitative estimate of drug-likeness (QED) is 0.189. The second kappa shape index (κ2) is 13.0. The van der Waals surface area contributed by atoms with Gasteiger partial charge in [0.15, 0.2) is 9.84 Å². The normalized spacial score (nSPS) is 12.5. The molecule has 0 heterocycles. The average molecular weight is 596 g/mol. The number of halogens is 4. The Bertz CT molecular complexity index is 1460. The lowest BCUT2D eigenvalue weighted by atomic mass is 9.84. The number of sulfone groups is 1. The highest BCUT2D eigenvalue weighted by atomic mass is 32.2. The number of benzene rings is 3. The summed E-state index contributed by atoms with van der Waals surface area (Å²) < 4.78 is 84.5. The zero-order valence-electron chi connectivity index (χ0n) is 23.0. The summed E-state index contributed by atoms with van der Waals surface area (Å²) in [6.45, 7) is 5.34. The molecule has 0 amide bonds. The zero-order chi connectivity index (χ0) is 30.4. The summed E-state index contributed by atoms with van der Waals surface area (Å²) in [6.07, 6.45) is -4.00. The van der Waals surface area contributed by atoms with Gasteiger partial charge < -0.3 is 9.84 Å². The molecule has 3 aromatic rings. The van der Waals surface area contributed by atoms with Gasteiger partial charge in [-0.3, -0.25) is 9.69 Å². The smallest absolute Gasteiger partial charge is 0.416 e. The summed E-state index contributed by atoms with van der Waals surface area (Å²) in [5, 5.41) is 9.04. The molecule has 0 aromatic heterocycles. The van der Waals surface area contributed by atoms with E-state index in [1.54, 1.807) is 6.07 Å². The Kier molecular flexibility index (Phi) is 10.2. The van der Waals surface area contributed by atoms with Crippen molar-refractivity contribution in [1.29, 1.82) is 0 Å². The zero-order valence-corrected chi connectivity index (χ0v) is 23.9. The Morgan fingerprint density at radius 3 is 2.24 bits per heavy atom. The van der Waals surface area contributed by atoms with E-state index < -0.39 is 50.2 Å². The van der Waals surface area contributed by atoms with Crippen LogP contribution < -0.4 is 4.74 Å². The highest BCUT2D eigenvalue weighted by molar-refractivity contribution is 7.90. The molecule has 41 heavy (non-hydrogen) atoms. The third-order valence-corrected chi connectivity index (χ3v) is 7.74. The summed E-state index contributed by atoms with van der Waals surface area (Å²) in [5.74, 6) is -2.44. The monoisotopic (exact) mass is 595 g/mol. The fourth-order valence-electron chi connectivity index (χ4n) is 4.66. The molecule has 0 aliphatic heterocycles. The average Bonchev–Trinajstić information content (AvgIpc) is 2.87. The Balaban J connectivity index is 1.77. The van der Waals surface area contributed by atoms with Crippen LogP contribution in [0.15, 0.2) is 71.6 Å². The molecule has 0 saturated carbocycles. The third-order valence-electron chi connectivity index (χ3n) is 6.58. The van der Waals surface area contributed by atoms with E-state index in [0.717, 1.165) is 36.1 Å². The van der Waals surface area contributed by atoms with Crippen LogP contribution in [-0.2, 0) is 39.2 Å². The third kappa shape index (κ3) is 9.29. The molecule has 0 bridgehead atoms. The predicted molar refractivity (Wildman–Crippen MR) is 147 cm³/mol. The number of nitrogens with zero attached hydrogens (tertiary/aromatic N) is 1. The van der Waals surface area contributed by atoms with E-state index in [-0.39, 0.29) is 24.3 Å². The van der Waals surface area contributed by atoms with Gasteiger partial charge in [0.25, 0.3) is 0 Å². The second-order valence-electron chi connectivity index (χ2n) is 10.6. The maximum Gasteiger partial charge on any atom is 0.416 e. The van der Waals surface area contributed by atoms with E-state index >= 15 is 0 Å². The Hall–Kier alpha value is -3.44. The van der Waals surface area contributed by atoms with Gasteiger partial charge in [0.2, 0.25) is 0 Å². The van der Waals surface area contributed by atoms with Crippen molar-refractivity contribution in [2.24, 2.45) is 0 Å². The summed E-state index contributed by atoms with van der Waals surface area (Å²) in [6, 6.07) is 17.0. The fourth-order valence-corrected chi connectivity index (χ4v) is 5.61. The van der Waals surface area contributed by atoms with Crippen LogP contribution in [0.2, 0.25) is 0 Å². The Morgan fingerprint density at radius 1 is 0.976 bits per heavy atom. The number of hydrogen-bond acceptors (Lipinski definition) is 5. The van der Waals surface area contributed by atoms with Gasteiger partial charge in [-0.15, -0.1) is 0 Å². The van der Waals surface area contributed by atoms with Crippen molar-refractivity contribution in [3.8, 4) is 5.75 Å². The number of carboxylic acid groups (broad SMARTS) is 1. The fraction of sp³-hybridized carbons (Fsp3) is 0.367. The van der Waals surface area contributed by atoms with Crippen LogP contribution in [0.4, 0.5) is 17.6 Å². The highest BCUT2D eigenvalue weighted by Gasteiger charge is 2.31. The maximum absolute atomic E-state index is 14.6. The van der Waals surface area contributed by atoms with Gasteiger partial charge in [0, 0.05) is 42.9 Å². The van der Waals surface area contributed by atoms with E-state index in [1.165, 1.54) is 6.07 Å². The molecule has 0 aliphatic carbocycles. The predicted octanol–water partition coefficient (Wildman–Crippen LogP) is 6.12. The van der Waals surface area contributed by atoms with E-state index in [4.69, 9.17) is 9.84 Å². The summed E-state index contributed by atoms with van der Waals surface area (Å²) in [4.78, 5) is 12.7. The van der Waals surface area contributed by atoms with Crippen LogP contribution in [0.5, 0.6) is 5.75 Å². The number of alkyl halides is 3. The molecule has 0 spiro atoms. The number of rotatable bonds is 13. The maximum atomic E-state index is 14.6. The van der Waals surface area contributed by atoms with Crippen LogP contribution >= 0.6 is 0 Å². The van der Waals surface area contributed by atoms with Crippen molar-refractivity contribution >= 4 is 15.8 Å². The standard InChI is InChI=1S/C30H33F4NO5S/c1-29(2,22-10-5-4-6-11-22)20-35(19-21-9-7-12-23(15-21)30(32,33)34)13-8-14-40-24-16-26(31)25(18-28(36)37)27(17-24)41(3,38)39/h4-7,9-12,15-17H,8,13-14,18-20H2,1-3H3,(H,36,37). The lowest BCUT2D eigenvalue weighted by Gasteiger charge is -2.33. The minimum Gasteiger partial charge on any atom is -0.493 e. The summed E-state index contributed by atoms with van der Waals surface area (Å²) in [5.41, 5.74) is 0.0597. The molecular weight excluding hydrogens is 562 g/mol. The lowest BCUT2D eigenvalue weighted by molar-refractivity contribution is -0.138. The van der Waals surface area contributed by atoms with Gasteiger partial charge >= 0.3 is 12.1 Å². The van der Waals surface area contributed by atoms with Crippen LogP contribution in [0.25, 0.3) is 0 Å². The molecular formula is C30H33F4NO5S. The second-order valence-corrected chi connectivity index (χ2v) is 12.6. The number of carbonyl (C=O) groups is 1. The largest absolute Gasteiger partial charge is 0.493 e. The van der Waals surface area contributed by atoms with Crippen molar-refractivity contribution in [1.82, 2.24) is 4.90 Å². The minimum absolute atomic E-state index is 0.0613. The van der Waals surface area contributed by atoms with Gasteiger partial charge in [-0.05, 0) is 29.7 Å². The SMILES string of the molecule is CC(C)(CN(CCCOc1cc(F)c(CC(=O)O)c(S(C)(=O)=O)c1)Cc1cccc(C(F)(F)F)c1)c1ccccc1. The molecule has 0 radical (unpaired) electrons. The minimum atomic E-state index is -4.46. The van der Waals surface area contributed by atoms with Crippen LogP contribution in [0.1, 0.15) is 42.5 Å². The molecule has 0 atom stereocenters. The van der Waals surface area contributed by atoms with Crippen molar-refractivity contribution < 1.29 is 40.6 Å². The molecule has 0 aliphatic rings. The van der Waals surface area contributed by atoms with Crippen molar-refractivity contribution in [2.75, 3.05) is 26.0 Å². The lowest BCUT2D eigenvalue weighted by Crippen LogP contribution is -2.37. The molecule has 0 unspecified atom stereocenters. The van der Waals surface area contributed by atoms with E-state index in [2.05, 4.69) is 0 Å². The van der Waals surface area contributed by atoms with Gasteiger partial charge in [-0.2, -0.15) is 13.2 Å². The van der Waals surface area contributed by atoms with E-state index in [9.17, 15) is 30.8 Å². The van der Waals surface area contributed by atoms with Gasteiger partial charge in [-0.25, -0.2) is 12.8 Å². The highest BCUT2D eigenvalue weighted by Crippen LogP contribution is 2.31. The molecule has 0 saturated heterocycles. The topological polar surface area (TPSA) is 83.9 Å². The first-order valence-electron chi connectivity index (χ1n) is 12.9. The summed E-state index contributed by atoms with van der Waals surface area (Å²) >= 11 is 0. The van der Waals surface area contributed by atoms with Crippen molar-refractivity contribution in [3.05, 3.63) is 94.8 Å². The first kappa shape index (κ1) is 32.1. The van der Waals surface area contributed by atoms with Crippen molar-refractivity contribution in [2.45, 2.75) is 49.7 Å². The number of carboxylic acids is 1. The van der Waals surface area contributed by atoms with Crippen LogP contribution in [0.3, 0.4) is 0 Å². The van der Waals surface area contributed by atoms with Crippen molar-refractivity contribution in [3.63, 3.8) is 0 Å². The number of ether oxygens (including phenoxy) is 1. The molecule has 1 N–H and O–H groups in total. The number of aliphatic carboxylic acids is 1.